The molecule has 2 amide bonds. The Balaban J connectivity index is 1.76. The van der Waals surface area contributed by atoms with E-state index in [9.17, 15) is 9.59 Å². The fourth-order valence-corrected chi connectivity index (χ4v) is 2.28. The molecule has 0 radical (unpaired) electrons. The van der Waals surface area contributed by atoms with Crippen molar-refractivity contribution in [3.05, 3.63) is 29.8 Å². The van der Waals surface area contributed by atoms with Crippen LogP contribution < -0.4 is 5.32 Å². The Labute approximate surface area is 123 Å². The van der Waals surface area contributed by atoms with Crippen molar-refractivity contribution >= 4 is 24.4 Å². The Hall–Kier alpha value is -1.53. The first-order chi connectivity index (χ1) is 9.68. The highest BCUT2D eigenvalue weighted by molar-refractivity contribution is 7.80. The number of benzene rings is 1. The maximum absolute atomic E-state index is 11.9. The van der Waals surface area contributed by atoms with E-state index < -0.39 is 0 Å². The summed E-state index contributed by atoms with van der Waals surface area (Å²) in [6, 6.07) is 7.08. The predicted octanol–water partition coefficient (Wildman–Crippen LogP) is 0.954. The molecule has 0 unspecified atom stereocenters. The number of carbonyl (C=O) groups excluding carboxylic acids is 2. The first kappa shape index (κ1) is 14.9. The van der Waals surface area contributed by atoms with E-state index in [1.807, 2.05) is 6.07 Å². The van der Waals surface area contributed by atoms with Crippen LogP contribution in [0.5, 0.6) is 0 Å². The number of hydrogen-bond donors (Lipinski definition) is 2. The van der Waals surface area contributed by atoms with Crippen LogP contribution in [0.15, 0.2) is 29.2 Å². The molecule has 0 bridgehead atoms. The Kier molecular flexibility index (Phi) is 5.43. The number of carbonyl (C=O) groups is 2. The Morgan fingerprint density at radius 2 is 1.95 bits per heavy atom. The van der Waals surface area contributed by atoms with Crippen molar-refractivity contribution < 1.29 is 14.3 Å². The lowest BCUT2D eigenvalue weighted by molar-refractivity contribution is -0.135. The molecule has 0 saturated carbocycles. The van der Waals surface area contributed by atoms with E-state index >= 15 is 0 Å². The molecule has 1 fully saturated rings. The first-order valence-corrected chi connectivity index (χ1v) is 7.05. The highest BCUT2D eigenvalue weighted by Crippen LogP contribution is 2.12. The van der Waals surface area contributed by atoms with Crippen molar-refractivity contribution in [3.8, 4) is 0 Å². The molecule has 1 aliphatic heterocycles. The van der Waals surface area contributed by atoms with E-state index in [1.165, 1.54) is 0 Å². The highest BCUT2D eigenvalue weighted by Gasteiger charge is 2.16. The molecule has 1 heterocycles. The number of rotatable bonds is 4. The average Bonchev–Trinajstić information content (AvgIpc) is 2.48. The number of morpholine rings is 1. The molecule has 2 rings (SSSR count). The number of hydrogen-bond acceptors (Lipinski definition) is 4. The molecule has 1 N–H and O–H groups in total. The van der Waals surface area contributed by atoms with Gasteiger partial charge in [0.15, 0.2) is 0 Å². The minimum Gasteiger partial charge on any atom is -0.378 e. The van der Waals surface area contributed by atoms with E-state index in [0.29, 0.717) is 49.7 Å². The summed E-state index contributed by atoms with van der Waals surface area (Å²) >= 11 is 4.23. The van der Waals surface area contributed by atoms with Crippen LogP contribution >= 0.6 is 12.6 Å². The third-order valence-corrected chi connectivity index (χ3v) is 3.53. The quantitative estimate of drug-likeness (QED) is 0.813. The summed E-state index contributed by atoms with van der Waals surface area (Å²) < 4.78 is 5.19. The Morgan fingerprint density at radius 3 is 2.65 bits per heavy atom. The maximum atomic E-state index is 11.9. The number of amides is 2. The topological polar surface area (TPSA) is 58.6 Å². The summed E-state index contributed by atoms with van der Waals surface area (Å²) in [7, 11) is 0. The van der Waals surface area contributed by atoms with Crippen LogP contribution in [0.25, 0.3) is 0 Å². The lowest BCUT2D eigenvalue weighted by Gasteiger charge is -2.26. The van der Waals surface area contributed by atoms with E-state index in [2.05, 4.69) is 17.9 Å². The normalized spacial score (nSPS) is 14.9. The summed E-state index contributed by atoms with van der Waals surface area (Å²) in [5.41, 5.74) is 0.523. The monoisotopic (exact) mass is 294 g/mol. The van der Waals surface area contributed by atoms with Gasteiger partial charge in [-0.2, -0.15) is 0 Å². The van der Waals surface area contributed by atoms with Gasteiger partial charge in [0.2, 0.25) is 5.91 Å². The molecule has 0 atom stereocenters. The number of nitrogens with one attached hydrogen (secondary N) is 1. The third kappa shape index (κ3) is 3.98. The summed E-state index contributed by atoms with van der Waals surface area (Å²) in [4.78, 5) is 26.2. The van der Waals surface area contributed by atoms with Gasteiger partial charge in [-0.3, -0.25) is 9.59 Å². The van der Waals surface area contributed by atoms with E-state index in [4.69, 9.17) is 4.74 Å². The standard InChI is InChI=1S/C14H18N2O3S/c17-13(16-7-9-19-10-8-16)5-6-15-14(18)11-3-1-2-4-12(11)20/h1-4,20H,5-10H2,(H,15,18). The van der Waals surface area contributed by atoms with Crippen molar-refractivity contribution in [1.29, 1.82) is 0 Å². The molecule has 6 heteroatoms. The van der Waals surface area contributed by atoms with Gasteiger partial charge in [-0.05, 0) is 12.1 Å². The van der Waals surface area contributed by atoms with Crippen LogP contribution in [0.1, 0.15) is 16.8 Å². The molecule has 0 aromatic heterocycles. The van der Waals surface area contributed by atoms with Gasteiger partial charge in [0.1, 0.15) is 0 Å². The number of thiol groups is 1. The second kappa shape index (κ2) is 7.31. The molecule has 0 aliphatic carbocycles. The van der Waals surface area contributed by atoms with Crippen molar-refractivity contribution in [2.75, 3.05) is 32.8 Å². The van der Waals surface area contributed by atoms with Gasteiger partial charge in [-0.15, -0.1) is 12.6 Å². The first-order valence-electron chi connectivity index (χ1n) is 6.60. The average molecular weight is 294 g/mol. The van der Waals surface area contributed by atoms with Crippen LogP contribution in [0.2, 0.25) is 0 Å². The number of nitrogens with zero attached hydrogens (tertiary/aromatic N) is 1. The van der Waals surface area contributed by atoms with Crippen LogP contribution in [0.4, 0.5) is 0 Å². The molecule has 5 nitrogen and oxygen atoms in total. The van der Waals surface area contributed by atoms with Gasteiger partial charge in [0.05, 0.1) is 18.8 Å². The van der Waals surface area contributed by atoms with Crippen LogP contribution in [0.3, 0.4) is 0 Å². The van der Waals surface area contributed by atoms with Crippen molar-refractivity contribution in [2.24, 2.45) is 0 Å². The molecule has 1 aliphatic rings. The highest BCUT2D eigenvalue weighted by atomic mass is 32.1. The summed E-state index contributed by atoms with van der Waals surface area (Å²) in [5.74, 6) is -0.155. The van der Waals surface area contributed by atoms with Crippen molar-refractivity contribution in [1.82, 2.24) is 10.2 Å². The van der Waals surface area contributed by atoms with Crippen LogP contribution in [-0.4, -0.2) is 49.6 Å². The summed E-state index contributed by atoms with van der Waals surface area (Å²) in [6.45, 7) is 2.77. The molecular formula is C14H18N2O3S. The second-order valence-electron chi connectivity index (χ2n) is 4.52. The lowest BCUT2D eigenvalue weighted by Crippen LogP contribution is -2.42. The Bertz CT molecular complexity index is 487. The molecule has 20 heavy (non-hydrogen) atoms. The van der Waals surface area contributed by atoms with Gasteiger partial charge < -0.3 is 15.0 Å². The van der Waals surface area contributed by atoms with Gasteiger partial charge in [0.25, 0.3) is 5.91 Å². The molecule has 1 saturated heterocycles. The zero-order valence-corrected chi connectivity index (χ0v) is 12.1. The zero-order valence-electron chi connectivity index (χ0n) is 11.2. The van der Waals surface area contributed by atoms with Gasteiger partial charge in [-0.25, -0.2) is 0 Å². The summed E-state index contributed by atoms with van der Waals surface area (Å²) in [6.07, 6.45) is 0.306. The Morgan fingerprint density at radius 1 is 1.25 bits per heavy atom. The fourth-order valence-electron chi connectivity index (χ4n) is 2.01. The van der Waals surface area contributed by atoms with Gasteiger partial charge >= 0.3 is 0 Å². The van der Waals surface area contributed by atoms with E-state index in [0.717, 1.165) is 0 Å². The minimum atomic E-state index is -0.203. The molecule has 108 valence electrons. The molecular weight excluding hydrogens is 276 g/mol. The molecule has 1 aromatic rings. The minimum absolute atomic E-state index is 0.0489. The largest absolute Gasteiger partial charge is 0.378 e. The van der Waals surface area contributed by atoms with Crippen LogP contribution in [-0.2, 0) is 9.53 Å². The van der Waals surface area contributed by atoms with Crippen LogP contribution in [0, 0.1) is 0 Å². The van der Waals surface area contributed by atoms with E-state index in [1.54, 1.807) is 23.1 Å². The van der Waals surface area contributed by atoms with Gasteiger partial charge in [0, 0.05) is 31.0 Å². The third-order valence-electron chi connectivity index (χ3n) is 3.14. The fraction of sp³-hybridized carbons (Fsp3) is 0.429. The predicted molar refractivity (Wildman–Crippen MR) is 78.0 cm³/mol. The molecule has 0 spiro atoms. The SMILES string of the molecule is O=C(NCCC(=O)N1CCOCC1)c1ccccc1S. The second-order valence-corrected chi connectivity index (χ2v) is 5.00. The van der Waals surface area contributed by atoms with Crippen molar-refractivity contribution in [2.45, 2.75) is 11.3 Å². The number of ether oxygens (including phenoxy) is 1. The smallest absolute Gasteiger partial charge is 0.252 e. The zero-order chi connectivity index (χ0) is 14.4. The molecule has 1 aromatic carbocycles. The van der Waals surface area contributed by atoms with Gasteiger partial charge in [-0.1, -0.05) is 12.1 Å². The lowest BCUT2D eigenvalue weighted by atomic mass is 10.2. The summed E-state index contributed by atoms with van der Waals surface area (Å²) in [5, 5.41) is 2.74. The van der Waals surface area contributed by atoms with Crippen molar-refractivity contribution in [3.63, 3.8) is 0 Å². The van der Waals surface area contributed by atoms with E-state index in [-0.39, 0.29) is 11.8 Å². The maximum Gasteiger partial charge on any atom is 0.252 e.